The lowest BCUT2D eigenvalue weighted by Crippen LogP contribution is -2.18. The van der Waals surface area contributed by atoms with Gasteiger partial charge in [-0.3, -0.25) is 0 Å². The maximum atomic E-state index is 4.69. The molecular formula is C14H19N3O. The summed E-state index contributed by atoms with van der Waals surface area (Å²) in [7, 11) is 0. The van der Waals surface area contributed by atoms with Crippen LogP contribution in [0.1, 0.15) is 43.3 Å². The molecule has 4 heteroatoms. The third-order valence-electron chi connectivity index (χ3n) is 2.99. The molecule has 1 aromatic heterocycles. The molecule has 0 aliphatic heterocycles. The van der Waals surface area contributed by atoms with Gasteiger partial charge in [-0.25, -0.2) is 0 Å². The fourth-order valence-electron chi connectivity index (χ4n) is 1.89. The molecule has 1 aromatic carbocycles. The first-order chi connectivity index (χ1) is 8.79. The molecule has 96 valence electrons. The Bertz CT molecular complexity index is 450. The van der Waals surface area contributed by atoms with Crippen molar-refractivity contribution in [2.45, 2.75) is 39.3 Å². The Labute approximate surface area is 107 Å². The second-order valence-corrected chi connectivity index (χ2v) is 4.44. The van der Waals surface area contributed by atoms with Gasteiger partial charge in [-0.05, 0) is 24.5 Å². The molecule has 0 radical (unpaired) electrons. The maximum Gasteiger partial charge on any atom is 0.213 e. The Morgan fingerprint density at radius 2 is 2.06 bits per heavy atom. The second-order valence-electron chi connectivity index (χ2n) is 4.44. The quantitative estimate of drug-likeness (QED) is 0.850. The van der Waals surface area contributed by atoms with Crippen LogP contribution in [0.4, 0.5) is 0 Å². The number of rotatable bonds is 6. The molecule has 0 fully saturated rings. The number of nitrogens with one attached hydrogen (secondary N) is 1. The van der Waals surface area contributed by atoms with Crippen LogP contribution >= 0.6 is 0 Å². The van der Waals surface area contributed by atoms with E-state index < -0.39 is 0 Å². The van der Waals surface area contributed by atoms with Crippen molar-refractivity contribution in [3.8, 4) is 0 Å². The third kappa shape index (κ3) is 3.40. The standard InChI is InChI=1S/C14H19N3O/c1-3-4-12-5-7-13(8-6-12)11(2)15-9-14-16-10-18-17-14/h5-8,10-11,15H,3-4,9H2,1-2H3. The molecule has 2 rings (SSSR count). The minimum Gasteiger partial charge on any atom is -0.343 e. The first kappa shape index (κ1) is 12.8. The lowest BCUT2D eigenvalue weighted by molar-refractivity contribution is 0.405. The van der Waals surface area contributed by atoms with Crippen molar-refractivity contribution < 1.29 is 4.52 Å². The van der Waals surface area contributed by atoms with Crippen molar-refractivity contribution in [2.24, 2.45) is 0 Å². The maximum absolute atomic E-state index is 4.69. The molecule has 2 aromatic rings. The highest BCUT2D eigenvalue weighted by molar-refractivity contribution is 5.24. The topological polar surface area (TPSA) is 51.0 Å². The van der Waals surface area contributed by atoms with E-state index in [0.717, 1.165) is 6.42 Å². The van der Waals surface area contributed by atoms with E-state index in [0.29, 0.717) is 12.4 Å². The third-order valence-corrected chi connectivity index (χ3v) is 2.99. The van der Waals surface area contributed by atoms with Crippen LogP contribution in [0.2, 0.25) is 0 Å². The summed E-state index contributed by atoms with van der Waals surface area (Å²) in [5, 5.41) is 7.14. The van der Waals surface area contributed by atoms with Crippen molar-refractivity contribution in [2.75, 3.05) is 0 Å². The van der Waals surface area contributed by atoms with Crippen LogP contribution < -0.4 is 5.32 Å². The van der Waals surface area contributed by atoms with Gasteiger partial charge in [0.05, 0.1) is 6.54 Å². The van der Waals surface area contributed by atoms with Crippen LogP contribution in [-0.2, 0) is 13.0 Å². The van der Waals surface area contributed by atoms with Crippen LogP contribution in [0, 0.1) is 0 Å². The van der Waals surface area contributed by atoms with Crippen LogP contribution in [0.15, 0.2) is 35.2 Å². The zero-order valence-electron chi connectivity index (χ0n) is 10.9. The molecule has 1 heterocycles. The van der Waals surface area contributed by atoms with E-state index in [2.05, 4.69) is 53.6 Å². The minimum atomic E-state index is 0.277. The smallest absolute Gasteiger partial charge is 0.213 e. The fraction of sp³-hybridized carbons (Fsp3) is 0.429. The van der Waals surface area contributed by atoms with Crippen LogP contribution in [0.3, 0.4) is 0 Å². The summed E-state index contributed by atoms with van der Waals surface area (Å²) < 4.78 is 4.69. The number of hydrogen-bond donors (Lipinski definition) is 1. The number of aryl methyl sites for hydroxylation is 1. The van der Waals surface area contributed by atoms with E-state index in [1.165, 1.54) is 23.9 Å². The molecule has 0 saturated carbocycles. The molecule has 0 spiro atoms. The molecule has 1 N–H and O–H groups in total. The van der Waals surface area contributed by atoms with Gasteiger partial charge in [0.25, 0.3) is 0 Å². The molecule has 0 aliphatic carbocycles. The highest BCUT2D eigenvalue weighted by atomic mass is 16.5. The highest BCUT2D eigenvalue weighted by Crippen LogP contribution is 2.14. The van der Waals surface area contributed by atoms with Gasteiger partial charge in [0.1, 0.15) is 0 Å². The monoisotopic (exact) mass is 245 g/mol. The summed E-state index contributed by atoms with van der Waals surface area (Å²) in [5.74, 6) is 0.685. The van der Waals surface area contributed by atoms with Gasteiger partial charge < -0.3 is 9.84 Å². The van der Waals surface area contributed by atoms with Gasteiger partial charge >= 0.3 is 0 Å². The Morgan fingerprint density at radius 1 is 1.28 bits per heavy atom. The van der Waals surface area contributed by atoms with Crippen LogP contribution in [0.5, 0.6) is 0 Å². The van der Waals surface area contributed by atoms with E-state index in [9.17, 15) is 0 Å². The summed E-state index contributed by atoms with van der Waals surface area (Å²) in [6, 6.07) is 9.04. The molecule has 0 aliphatic rings. The Hall–Kier alpha value is -1.68. The average molecular weight is 245 g/mol. The Balaban J connectivity index is 1.89. The Morgan fingerprint density at radius 3 is 2.67 bits per heavy atom. The van der Waals surface area contributed by atoms with E-state index >= 15 is 0 Å². The molecule has 1 atom stereocenters. The SMILES string of the molecule is CCCc1ccc(C(C)NCc2ncon2)cc1. The molecule has 18 heavy (non-hydrogen) atoms. The van der Waals surface area contributed by atoms with Gasteiger partial charge in [0.2, 0.25) is 6.39 Å². The minimum absolute atomic E-state index is 0.277. The van der Waals surface area contributed by atoms with Crippen molar-refractivity contribution in [3.63, 3.8) is 0 Å². The molecule has 0 saturated heterocycles. The van der Waals surface area contributed by atoms with E-state index in [-0.39, 0.29) is 6.04 Å². The van der Waals surface area contributed by atoms with E-state index in [1.54, 1.807) is 0 Å². The number of aromatic nitrogens is 2. The van der Waals surface area contributed by atoms with Gasteiger partial charge in [0, 0.05) is 6.04 Å². The summed E-state index contributed by atoms with van der Waals surface area (Å²) in [6.45, 7) is 4.95. The van der Waals surface area contributed by atoms with Gasteiger partial charge in [-0.1, -0.05) is 42.8 Å². The van der Waals surface area contributed by atoms with E-state index in [4.69, 9.17) is 4.52 Å². The molecular weight excluding hydrogens is 226 g/mol. The van der Waals surface area contributed by atoms with Crippen LogP contribution in [-0.4, -0.2) is 10.1 Å². The second kappa shape index (κ2) is 6.31. The predicted octanol–water partition coefficient (Wildman–Crippen LogP) is 2.87. The largest absolute Gasteiger partial charge is 0.343 e. The normalized spacial score (nSPS) is 12.6. The van der Waals surface area contributed by atoms with Crippen molar-refractivity contribution in [3.05, 3.63) is 47.6 Å². The summed E-state index contributed by atoms with van der Waals surface area (Å²) in [6.07, 6.45) is 3.68. The summed E-state index contributed by atoms with van der Waals surface area (Å²) >= 11 is 0. The van der Waals surface area contributed by atoms with Crippen LogP contribution in [0.25, 0.3) is 0 Å². The predicted molar refractivity (Wildman–Crippen MR) is 70.0 cm³/mol. The number of benzene rings is 1. The lowest BCUT2D eigenvalue weighted by atomic mass is 10.0. The summed E-state index contributed by atoms with van der Waals surface area (Å²) in [4.78, 5) is 3.98. The Kier molecular flexibility index (Phi) is 4.47. The first-order valence-corrected chi connectivity index (χ1v) is 6.37. The van der Waals surface area contributed by atoms with Gasteiger partial charge in [-0.2, -0.15) is 4.98 Å². The van der Waals surface area contributed by atoms with Crippen molar-refractivity contribution in [1.82, 2.24) is 15.5 Å². The lowest BCUT2D eigenvalue weighted by Gasteiger charge is -2.13. The van der Waals surface area contributed by atoms with Crippen molar-refractivity contribution >= 4 is 0 Å². The molecule has 1 unspecified atom stereocenters. The first-order valence-electron chi connectivity index (χ1n) is 6.37. The van der Waals surface area contributed by atoms with Gasteiger partial charge in [0.15, 0.2) is 5.82 Å². The molecule has 4 nitrogen and oxygen atoms in total. The fourth-order valence-corrected chi connectivity index (χ4v) is 1.89. The van der Waals surface area contributed by atoms with Crippen molar-refractivity contribution in [1.29, 1.82) is 0 Å². The number of hydrogen-bond acceptors (Lipinski definition) is 4. The zero-order valence-corrected chi connectivity index (χ0v) is 10.9. The highest BCUT2D eigenvalue weighted by Gasteiger charge is 2.06. The van der Waals surface area contributed by atoms with Gasteiger partial charge in [-0.15, -0.1) is 0 Å². The number of nitrogens with zero attached hydrogens (tertiary/aromatic N) is 2. The average Bonchev–Trinajstić information content (AvgIpc) is 2.90. The zero-order chi connectivity index (χ0) is 12.8. The van der Waals surface area contributed by atoms with E-state index in [1.807, 2.05) is 0 Å². The summed E-state index contributed by atoms with van der Waals surface area (Å²) in [5.41, 5.74) is 2.67. The molecule has 0 bridgehead atoms. The molecule has 0 amide bonds.